The number of nitrogens with one attached hydrogen (secondary N) is 3. The van der Waals surface area contributed by atoms with Crippen molar-refractivity contribution >= 4 is 34.6 Å². The van der Waals surface area contributed by atoms with Gasteiger partial charge in [-0.05, 0) is 75.0 Å². The number of hydrazine groups is 1. The summed E-state index contributed by atoms with van der Waals surface area (Å²) in [6.07, 6.45) is 0. The van der Waals surface area contributed by atoms with Gasteiger partial charge in [-0.2, -0.15) is 0 Å². The first kappa shape index (κ1) is 19.7. The fraction of sp³-hybridized carbons (Fsp3) is 0.263. The Hall–Kier alpha value is -2.67. The normalized spacial score (nSPS) is 10.2. The van der Waals surface area contributed by atoms with Crippen LogP contribution in [-0.4, -0.2) is 24.1 Å². The van der Waals surface area contributed by atoms with Crippen LogP contribution in [0.1, 0.15) is 29.8 Å². The Morgan fingerprint density at radius 1 is 1.08 bits per heavy atom. The second kappa shape index (κ2) is 9.15. The monoisotopic (exact) mass is 374 g/mol. The lowest BCUT2D eigenvalue weighted by Gasteiger charge is -2.21. The van der Waals surface area contributed by atoms with Crippen molar-refractivity contribution in [3.05, 3.63) is 59.4 Å². The molecule has 0 aliphatic carbocycles. The maximum atomic E-state index is 13.5. The average molecular weight is 374 g/mol. The summed E-state index contributed by atoms with van der Waals surface area (Å²) in [6.45, 7) is 7.66. The van der Waals surface area contributed by atoms with E-state index in [0.29, 0.717) is 16.8 Å². The molecular weight excluding hydrogens is 351 g/mol. The zero-order valence-corrected chi connectivity index (χ0v) is 15.9. The molecule has 26 heavy (non-hydrogen) atoms. The lowest BCUT2D eigenvalue weighted by atomic mass is 10.2. The van der Waals surface area contributed by atoms with Crippen LogP contribution in [0.4, 0.5) is 15.8 Å². The molecule has 0 heterocycles. The molecule has 0 aromatic heterocycles. The van der Waals surface area contributed by atoms with Crippen molar-refractivity contribution in [1.29, 1.82) is 0 Å². The number of carbonyl (C=O) groups excluding carboxylic acids is 1. The van der Waals surface area contributed by atoms with E-state index in [0.717, 1.165) is 18.8 Å². The number of hydrogen-bond acceptors (Lipinski definition) is 3. The molecule has 3 N–H and O–H groups in total. The van der Waals surface area contributed by atoms with Crippen LogP contribution in [0, 0.1) is 12.7 Å². The predicted molar refractivity (Wildman–Crippen MR) is 108 cm³/mol. The number of aryl methyl sites for hydroxylation is 1. The number of anilines is 2. The SMILES string of the molecule is CCN(CC)c1ccc(C(=O)NNC(=S)Nc2ccc(C)c(F)c2)cc1. The topological polar surface area (TPSA) is 56.4 Å². The van der Waals surface area contributed by atoms with E-state index in [-0.39, 0.29) is 16.8 Å². The van der Waals surface area contributed by atoms with Crippen LogP contribution < -0.4 is 21.1 Å². The summed E-state index contributed by atoms with van der Waals surface area (Å²) in [6, 6.07) is 12.0. The van der Waals surface area contributed by atoms with E-state index in [2.05, 4.69) is 34.9 Å². The molecule has 138 valence electrons. The Bertz CT molecular complexity index is 776. The molecular formula is C19H23FN4OS. The third kappa shape index (κ3) is 5.16. The zero-order valence-electron chi connectivity index (χ0n) is 15.1. The van der Waals surface area contributed by atoms with Gasteiger partial charge in [-0.25, -0.2) is 4.39 Å². The molecule has 0 bridgehead atoms. The van der Waals surface area contributed by atoms with Crippen molar-refractivity contribution in [2.24, 2.45) is 0 Å². The zero-order chi connectivity index (χ0) is 19.1. The third-order valence-corrected chi connectivity index (χ3v) is 4.18. The Balaban J connectivity index is 1.89. The molecule has 0 radical (unpaired) electrons. The number of nitrogens with zero attached hydrogens (tertiary/aromatic N) is 1. The molecule has 0 unspecified atom stereocenters. The summed E-state index contributed by atoms with van der Waals surface area (Å²) in [5.74, 6) is -0.634. The van der Waals surface area contributed by atoms with Gasteiger partial charge >= 0.3 is 0 Å². The van der Waals surface area contributed by atoms with Crippen molar-refractivity contribution < 1.29 is 9.18 Å². The highest BCUT2D eigenvalue weighted by atomic mass is 32.1. The maximum Gasteiger partial charge on any atom is 0.269 e. The minimum atomic E-state index is -0.324. The van der Waals surface area contributed by atoms with Gasteiger partial charge in [-0.15, -0.1) is 0 Å². The number of benzene rings is 2. The average Bonchev–Trinajstić information content (AvgIpc) is 2.64. The maximum absolute atomic E-state index is 13.5. The Labute approximate surface area is 158 Å². The van der Waals surface area contributed by atoms with Crippen LogP contribution >= 0.6 is 12.2 Å². The summed E-state index contributed by atoms with van der Waals surface area (Å²) in [5.41, 5.74) is 7.77. The van der Waals surface area contributed by atoms with E-state index < -0.39 is 0 Å². The Kier molecular flexibility index (Phi) is 6.91. The number of amides is 1. The first-order valence-electron chi connectivity index (χ1n) is 8.43. The molecule has 0 aliphatic rings. The molecule has 0 saturated heterocycles. The standard InChI is InChI=1S/C19H23FN4OS/c1-4-24(5-2)16-10-7-14(8-11-16)18(25)22-23-19(26)21-15-9-6-13(3)17(20)12-15/h6-12H,4-5H2,1-3H3,(H,22,25)(H2,21,23,26). The van der Waals surface area contributed by atoms with Gasteiger partial charge in [0, 0.05) is 30.0 Å². The van der Waals surface area contributed by atoms with Crippen LogP contribution in [0.3, 0.4) is 0 Å². The van der Waals surface area contributed by atoms with Crippen molar-refractivity contribution in [2.75, 3.05) is 23.3 Å². The van der Waals surface area contributed by atoms with Crippen LogP contribution in [0.2, 0.25) is 0 Å². The molecule has 7 heteroatoms. The molecule has 2 aromatic carbocycles. The highest BCUT2D eigenvalue weighted by Crippen LogP contribution is 2.15. The molecule has 0 atom stereocenters. The quantitative estimate of drug-likeness (QED) is 0.551. The van der Waals surface area contributed by atoms with Crippen LogP contribution in [0.25, 0.3) is 0 Å². The van der Waals surface area contributed by atoms with Crippen molar-refractivity contribution in [1.82, 2.24) is 10.9 Å². The van der Waals surface area contributed by atoms with E-state index in [9.17, 15) is 9.18 Å². The molecule has 2 rings (SSSR count). The number of halogens is 1. The molecule has 0 fully saturated rings. The smallest absolute Gasteiger partial charge is 0.269 e. The summed E-state index contributed by atoms with van der Waals surface area (Å²) in [5, 5.41) is 2.98. The molecule has 0 spiro atoms. The minimum absolute atomic E-state index is 0.168. The summed E-state index contributed by atoms with van der Waals surface area (Å²) in [4.78, 5) is 14.4. The van der Waals surface area contributed by atoms with Crippen LogP contribution in [0.15, 0.2) is 42.5 Å². The second-order valence-corrected chi connectivity index (χ2v) is 6.12. The van der Waals surface area contributed by atoms with Gasteiger partial charge in [-0.3, -0.25) is 15.6 Å². The lowest BCUT2D eigenvalue weighted by Crippen LogP contribution is -2.43. The highest BCUT2D eigenvalue weighted by molar-refractivity contribution is 7.80. The second-order valence-electron chi connectivity index (χ2n) is 5.72. The fourth-order valence-electron chi connectivity index (χ4n) is 2.43. The summed E-state index contributed by atoms with van der Waals surface area (Å²) in [7, 11) is 0. The van der Waals surface area contributed by atoms with E-state index in [1.807, 2.05) is 12.1 Å². The predicted octanol–water partition coefficient (Wildman–Crippen LogP) is 3.61. The van der Waals surface area contributed by atoms with Gasteiger partial charge in [0.05, 0.1) is 0 Å². The highest BCUT2D eigenvalue weighted by Gasteiger charge is 2.08. The first-order valence-corrected chi connectivity index (χ1v) is 8.84. The van der Waals surface area contributed by atoms with Gasteiger partial charge < -0.3 is 10.2 Å². The van der Waals surface area contributed by atoms with Crippen molar-refractivity contribution in [3.63, 3.8) is 0 Å². The number of rotatable bonds is 5. The number of carbonyl (C=O) groups is 1. The number of thiocarbonyl (C=S) groups is 1. The van der Waals surface area contributed by atoms with Gasteiger partial charge in [0.15, 0.2) is 5.11 Å². The van der Waals surface area contributed by atoms with Crippen molar-refractivity contribution in [2.45, 2.75) is 20.8 Å². The van der Waals surface area contributed by atoms with Gasteiger partial charge in [0.2, 0.25) is 0 Å². The minimum Gasteiger partial charge on any atom is -0.372 e. The Morgan fingerprint density at radius 3 is 2.31 bits per heavy atom. The molecule has 1 amide bonds. The number of hydrogen-bond donors (Lipinski definition) is 3. The summed E-state index contributed by atoms with van der Waals surface area (Å²) < 4.78 is 13.5. The fourth-order valence-corrected chi connectivity index (χ4v) is 2.60. The van der Waals surface area contributed by atoms with Crippen LogP contribution in [-0.2, 0) is 0 Å². The van der Waals surface area contributed by atoms with E-state index >= 15 is 0 Å². The molecule has 0 saturated carbocycles. The van der Waals surface area contributed by atoms with E-state index in [1.54, 1.807) is 31.2 Å². The Morgan fingerprint density at radius 2 is 1.73 bits per heavy atom. The van der Waals surface area contributed by atoms with Crippen molar-refractivity contribution in [3.8, 4) is 0 Å². The molecule has 2 aromatic rings. The van der Waals surface area contributed by atoms with Gasteiger partial charge in [-0.1, -0.05) is 6.07 Å². The van der Waals surface area contributed by atoms with Gasteiger partial charge in [0.1, 0.15) is 5.82 Å². The van der Waals surface area contributed by atoms with Crippen LogP contribution in [0.5, 0.6) is 0 Å². The summed E-state index contributed by atoms with van der Waals surface area (Å²) >= 11 is 5.10. The van der Waals surface area contributed by atoms with Gasteiger partial charge in [0.25, 0.3) is 5.91 Å². The first-order chi connectivity index (χ1) is 12.4. The van der Waals surface area contributed by atoms with E-state index in [4.69, 9.17) is 12.2 Å². The largest absolute Gasteiger partial charge is 0.372 e. The molecule has 0 aliphatic heterocycles. The lowest BCUT2D eigenvalue weighted by molar-refractivity contribution is 0.0944. The molecule has 5 nitrogen and oxygen atoms in total. The third-order valence-electron chi connectivity index (χ3n) is 3.98. The van der Waals surface area contributed by atoms with E-state index in [1.165, 1.54) is 6.07 Å².